The molecule has 0 N–H and O–H groups in total. The van der Waals surface area contributed by atoms with Gasteiger partial charge in [0.15, 0.2) is 9.84 Å². The van der Waals surface area contributed by atoms with Crippen molar-refractivity contribution in [2.75, 3.05) is 36.9 Å². The van der Waals surface area contributed by atoms with E-state index in [9.17, 15) is 18.0 Å². The van der Waals surface area contributed by atoms with Gasteiger partial charge < -0.3 is 14.5 Å². The molecule has 1 aromatic heterocycles. The Morgan fingerprint density at radius 3 is 2.45 bits per heavy atom. The topological polar surface area (TPSA) is 96.9 Å². The van der Waals surface area contributed by atoms with Gasteiger partial charge >= 0.3 is 5.97 Å². The van der Waals surface area contributed by atoms with Crippen LogP contribution in [0.1, 0.15) is 32.6 Å². The van der Waals surface area contributed by atoms with Gasteiger partial charge in [-0.3, -0.25) is 14.6 Å². The Bertz CT molecular complexity index is 1380. The number of carbonyl (C=O) groups excluding carboxylic acids is 2. The van der Waals surface area contributed by atoms with Gasteiger partial charge in [0, 0.05) is 48.7 Å². The summed E-state index contributed by atoms with van der Waals surface area (Å²) >= 11 is 6.02. The molecule has 2 heterocycles. The Morgan fingerprint density at radius 2 is 1.74 bits per heavy atom. The largest absolute Gasteiger partial charge is 0.465 e. The van der Waals surface area contributed by atoms with E-state index in [2.05, 4.69) is 9.88 Å². The number of rotatable bonds is 10. The molecule has 1 aliphatic heterocycles. The molecule has 1 fully saturated rings. The standard InChI is InChI=1S/C28H32ClN3O5S/c1-2-37-28(34)20-32(25-11-15-31(16-12-25)24-9-13-30-14-10-24)27(33)4-3-17-38(35,36)26-8-6-21-18-23(29)7-5-22(21)19-26/h5-10,13-14,18-19,25H,2-4,11-12,15-17,20H2,1H3. The van der Waals surface area contributed by atoms with Crippen LogP contribution in [0.15, 0.2) is 65.8 Å². The Kier molecular flexibility index (Phi) is 9.22. The fraction of sp³-hybridized carbons (Fsp3) is 0.393. The summed E-state index contributed by atoms with van der Waals surface area (Å²) in [5.74, 6) is -0.851. The number of fused-ring (bicyclic) bond motifs is 1. The van der Waals surface area contributed by atoms with Crippen molar-refractivity contribution in [3.8, 4) is 0 Å². The summed E-state index contributed by atoms with van der Waals surface area (Å²) < 4.78 is 31.1. The van der Waals surface area contributed by atoms with Gasteiger partial charge in [-0.2, -0.15) is 0 Å². The molecule has 0 saturated carbocycles. The summed E-state index contributed by atoms with van der Waals surface area (Å²) in [5.41, 5.74) is 1.07. The zero-order valence-corrected chi connectivity index (χ0v) is 23.0. The average molecular weight is 558 g/mol. The molecule has 10 heteroatoms. The van der Waals surface area contributed by atoms with Crippen molar-refractivity contribution in [3.05, 3.63) is 65.9 Å². The molecule has 3 aromatic rings. The van der Waals surface area contributed by atoms with Crippen molar-refractivity contribution in [1.82, 2.24) is 9.88 Å². The van der Waals surface area contributed by atoms with E-state index < -0.39 is 15.8 Å². The minimum absolute atomic E-state index is 0.0341. The van der Waals surface area contributed by atoms with E-state index in [1.807, 2.05) is 12.1 Å². The van der Waals surface area contributed by atoms with E-state index >= 15 is 0 Å². The number of anilines is 1. The van der Waals surface area contributed by atoms with Gasteiger partial charge in [0.25, 0.3) is 0 Å². The maximum absolute atomic E-state index is 13.3. The van der Waals surface area contributed by atoms with Crippen LogP contribution >= 0.6 is 11.6 Å². The van der Waals surface area contributed by atoms with Gasteiger partial charge in [0.05, 0.1) is 17.3 Å². The Labute approximate surface area is 228 Å². The molecule has 1 amide bonds. The lowest BCUT2D eigenvalue weighted by Gasteiger charge is -2.39. The molecule has 0 radical (unpaired) electrons. The first-order valence-electron chi connectivity index (χ1n) is 12.8. The van der Waals surface area contributed by atoms with Crippen LogP contribution in [-0.2, 0) is 24.2 Å². The quantitative estimate of drug-likeness (QED) is 0.338. The first-order valence-corrected chi connectivity index (χ1v) is 14.8. The highest BCUT2D eigenvalue weighted by Gasteiger charge is 2.30. The Morgan fingerprint density at radius 1 is 1.05 bits per heavy atom. The molecule has 2 aromatic carbocycles. The number of halogens is 1. The lowest BCUT2D eigenvalue weighted by molar-refractivity contribution is -0.150. The van der Waals surface area contributed by atoms with Crippen LogP contribution in [0.4, 0.5) is 5.69 Å². The molecule has 202 valence electrons. The summed E-state index contributed by atoms with van der Waals surface area (Å²) in [5, 5.41) is 2.23. The number of piperidine rings is 1. The number of nitrogens with zero attached hydrogens (tertiary/aromatic N) is 3. The van der Waals surface area contributed by atoms with Gasteiger partial charge in [-0.05, 0) is 73.4 Å². The Hall–Kier alpha value is -3.17. The molecular weight excluding hydrogens is 526 g/mol. The summed E-state index contributed by atoms with van der Waals surface area (Å²) in [7, 11) is -3.58. The fourth-order valence-corrected chi connectivity index (χ4v) is 6.34. The molecule has 8 nitrogen and oxygen atoms in total. The first kappa shape index (κ1) is 27.9. The number of carbonyl (C=O) groups is 2. The number of amides is 1. The molecule has 38 heavy (non-hydrogen) atoms. The van der Waals surface area contributed by atoms with Crippen LogP contribution < -0.4 is 4.90 Å². The molecule has 4 rings (SSSR count). The highest BCUT2D eigenvalue weighted by atomic mass is 35.5. The summed E-state index contributed by atoms with van der Waals surface area (Å²) in [6, 6.07) is 14.0. The van der Waals surface area contributed by atoms with Crippen molar-refractivity contribution in [2.24, 2.45) is 0 Å². The smallest absolute Gasteiger partial charge is 0.325 e. The number of hydrogen-bond donors (Lipinski definition) is 0. The average Bonchev–Trinajstić information content (AvgIpc) is 2.92. The predicted octanol–water partition coefficient (Wildman–Crippen LogP) is 4.50. The first-order chi connectivity index (χ1) is 18.3. The predicted molar refractivity (Wildman–Crippen MR) is 148 cm³/mol. The van der Waals surface area contributed by atoms with E-state index in [0.717, 1.165) is 29.5 Å². The maximum atomic E-state index is 13.3. The number of esters is 1. The molecule has 1 aliphatic rings. The van der Waals surface area contributed by atoms with E-state index in [0.29, 0.717) is 17.9 Å². The molecule has 0 bridgehead atoms. The molecule has 0 atom stereocenters. The number of benzene rings is 2. The number of ether oxygens (including phenoxy) is 1. The third-order valence-electron chi connectivity index (χ3n) is 6.79. The third-order valence-corrected chi connectivity index (χ3v) is 8.83. The van der Waals surface area contributed by atoms with Crippen LogP contribution in [0.2, 0.25) is 5.02 Å². The van der Waals surface area contributed by atoms with Crippen molar-refractivity contribution in [3.63, 3.8) is 0 Å². The van der Waals surface area contributed by atoms with E-state index in [-0.39, 0.29) is 48.6 Å². The van der Waals surface area contributed by atoms with Crippen molar-refractivity contribution in [2.45, 2.75) is 43.5 Å². The molecule has 0 aliphatic carbocycles. The van der Waals surface area contributed by atoms with E-state index in [4.69, 9.17) is 16.3 Å². The zero-order chi connectivity index (χ0) is 27.1. The van der Waals surface area contributed by atoms with Crippen LogP contribution in [-0.4, -0.2) is 68.2 Å². The monoisotopic (exact) mass is 557 g/mol. The molecular formula is C28H32ClN3O5S. The number of aromatic nitrogens is 1. The van der Waals surface area contributed by atoms with Crippen LogP contribution in [0.5, 0.6) is 0 Å². The zero-order valence-electron chi connectivity index (χ0n) is 21.4. The lowest BCUT2D eigenvalue weighted by Crippen LogP contribution is -2.49. The van der Waals surface area contributed by atoms with Crippen LogP contribution in [0, 0.1) is 0 Å². The van der Waals surface area contributed by atoms with Crippen LogP contribution in [0.25, 0.3) is 10.8 Å². The van der Waals surface area contributed by atoms with E-state index in [1.54, 1.807) is 60.6 Å². The van der Waals surface area contributed by atoms with Crippen LogP contribution in [0.3, 0.4) is 0 Å². The number of hydrogen-bond acceptors (Lipinski definition) is 7. The van der Waals surface area contributed by atoms with Gasteiger partial charge in [0.1, 0.15) is 6.54 Å². The fourth-order valence-electron chi connectivity index (χ4n) is 4.82. The second-order valence-corrected chi connectivity index (χ2v) is 11.9. The minimum atomic E-state index is -3.58. The third kappa shape index (κ3) is 7.02. The number of pyridine rings is 1. The van der Waals surface area contributed by atoms with Gasteiger partial charge in [0.2, 0.25) is 5.91 Å². The van der Waals surface area contributed by atoms with E-state index in [1.165, 1.54) is 0 Å². The summed E-state index contributed by atoms with van der Waals surface area (Å²) in [6.07, 6.45) is 5.10. The highest BCUT2D eigenvalue weighted by molar-refractivity contribution is 7.91. The van der Waals surface area contributed by atoms with Gasteiger partial charge in [-0.25, -0.2) is 8.42 Å². The normalized spacial score (nSPS) is 14.4. The SMILES string of the molecule is CCOC(=O)CN(C(=O)CCCS(=O)(=O)c1ccc2cc(Cl)ccc2c1)C1CCN(c2ccncc2)CC1. The Balaban J connectivity index is 1.38. The van der Waals surface area contributed by atoms with Crippen molar-refractivity contribution < 1.29 is 22.7 Å². The summed E-state index contributed by atoms with van der Waals surface area (Å²) in [4.78, 5) is 33.6. The maximum Gasteiger partial charge on any atom is 0.325 e. The molecule has 0 spiro atoms. The second-order valence-electron chi connectivity index (χ2n) is 9.33. The minimum Gasteiger partial charge on any atom is -0.465 e. The molecule has 0 unspecified atom stereocenters. The molecule has 1 saturated heterocycles. The summed E-state index contributed by atoms with van der Waals surface area (Å²) in [6.45, 7) is 3.30. The van der Waals surface area contributed by atoms with Crippen molar-refractivity contribution in [1.29, 1.82) is 0 Å². The van der Waals surface area contributed by atoms with Gasteiger partial charge in [-0.1, -0.05) is 23.7 Å². The highest BCUT2D eigenvalue weighted by Crippen LogP contribution is 2.25. The lowest BCUT2D eigenvalue weighted by atomic mass is 10.0. The van der Waals surface area contributed by atoms with Gasteiger partial charge in [-0.15, -0.1) is 0 Å². The number of sulfone groups is 1. The van der Waals surface area contributed by atoms with Crippen molar-refractivity contribution >= 4 is 49.8 Å². The second kappa shape index (κ2) is 12.6.